The molecular weight excluding hydrogens is 361 g/mol. The predicted octanol–water partition coefficient (Wildman–Crippen LogP) is 4.49. The van der Waals surface area contributed by atoms with Gasteiger partial charge in [-0.25, -0.2) is 0 Å². The molecule has 3 aromatic rings. The molecule has 6 nitrogen and oxygen atoms in total. The first kappa shape index (κ1) is 16.7. The number of allylic oxidation sites excluding steroid dienone is 1. The molecule has 1 aromatic carbocycles. The SMILES string of the molecule is N#C/C(=C/c1ccc(-c2ccc(Cl)c(Cl)c2)o1)c1[nH]nc(N)c1C#N. The van der Waals surface area contributed by atoms with Crippen LogP contribution in [-0.2, 0) is 0 Å². The Labute approximate surface area is 152 Å². The van der Waals surface area contributed by atoms with Crippen LogP contribution in [0.2, 0.25) is 10.0 Å². The molecule has 0 amide bonds. The second-order valence-corrected chi connectivity index (χ2v) is 5.79. The van der Waals surface area contributed by atoms with Crippen LogP contribution in [0.5, 0.6) is 0 Å². The Kier molecular flexibility index (Phi) is 4.49. The van der Waals surface area contributed by atoms with Crippen LogP contribution in [0.3, 0.4) is 0 Å². The Morgan fingerprint density at radius 1 is 1.20 bits per heavy atom. The zero-order valence-corrected chi connectivity index (χ0v) is 14.1. The zero-order valence-electron chi connectivity index (χ0n) is 12.5. The number of aromatic amines is 1. The smallest absolute Gasteiger partial charge is 0.163 e. The molecule has 0 unspecified atom stereocenters. The summed E-state index contributed by atoms with van der Waals surface area (Å²) in [5.41, 5.74) is 6.88. The summed E-state index contributed by atoms with van der Waals surface area (Å²) in [6.07, 6.45) is 1.49. The standard InChI is InChI=1S/C17H9Cl2N5O/c18-13-3-1-9(6-14(13)19)15-4-2-11(25-15)5-10(7-20)16-12(8-21)17(22)24-23-16/h1-6H,(H3,22,23,24)/b10-5-. The van der Waals surface area contributed by atoms with Gasteiger partial charge in [0.15, 0.2) is 5.82 Å². The number of nitrogens with two attached hydrogens (primary N) is 1. The summed E-state index contributed by atoms with van der Waals surface area (Å²) in [6.45, 7) is 0. The third-order valence-electron chi connectivity index (χ3n) is 3.41. The average molecular weight is 370 g/mol. The van der Waals surface area contributed by atoms with E-state index in [1.165, 1.54) is 6.08 Å². The zero-order chi connectivity index (χ0) is 18.0. The molecule has 2 aromatic heterocycles. The van der Waals surface area contributed by atoms with Crippen molar-refractivity contribution >= 4 is 40.7 Å². The molecule has 0 fully saturated rings. The van der Waals surface area contributed by atoms with E-state index in [1.54, 1.807) is 30.3 Å². The molecule has 0 bridgehead atoms. The molecule has 25 heavy (non-hydrogen) atoms. The molecule has 8 heteroatoms. The monoisotopic (exact) mass is 369 g/mol. The third-order valence-corrected chi connectivity index (χ3v) is 4.15. The molecule has 0 atom stereocenters. The fraction of sp³-hybridized carbons (Fsp3) is 0. The van der Waals surface area contributed by atoms with Gasteiger partial charge in [0.05, 0.1) is 21.3 Å². The Morgan fingerprint density at radius 2 is 2.00 bits per heavy atom. The van der Waals surface area contributed by atoms with Crippen LogP contribution in [-0.4, -0.2) is 10.2 Å². The van der Waals surface area contributed by atoms with Crippen molar-refractivity contribution in [1.82, 2.24) is 10.2 Å². The number of nitrogens with one attached hydrogen (secondary N) is 1. The molecule has 2 heterocycles. The van der Waals surface area contributed by atoms with Crippen LogP contribution >= 0.6 is 23.2 Å². The van der Waals surface area contributed by atoms with Crippen molar-refractivity contribution in [2.45, 2.75) is 0 Å². The molecule has 0 aliphatic carbocycles. The van der Waals surface area contributed by atoms with Gasteiger partial charge in [0.1, 0.15) is 29.2 Å². The molecule has 0 aliphatic heterocycles. The number of benzene rings is 1. The third kappa shape index (κ3) is 3.22. The number of rotatable bonds is 3. The van der Waals surface area contributed by atoms with Gasteiger partial charge in [0.2, 0.25) is 0 Å². The van der Waals surface area contributed by atoms with Gasteiger partial charge in [-0.05, 0) is 30.3 Å². The first-order chi connectivity index (χ1) is 12.0. The molecule has 3 N–H and O–H groups in total. The summed E-state index contributed by atoms with van der Waals surface area (Å²) >= 11 is 11.9. The lowest BCUT2D eigenvalue weighted by molar-refractivity contribution is 0.572. The Balaban J connectivity index is 1.98. The van der Waals surface area contributed by atoms with E-state index in [9.17, 15) is 5.26 Å². The van der Waals surface area contributed by atoms with E-state index in [2.05, 4.69) is 10.2 Å². The number of nitrogen functional groups attached to an aromatic ring is 1. The number of anilines is 1. The maximum absolute atomic E-state index is 9.37. The summed E-state index contributed by atoms with van der Waals surface area (Å²) in [5, 5.41) is 25.7. The topological polar surface area (TPSA) is 115 Å². The molecule has 0 saturated carbocycles. The van der Waals surface area contributed by atoms with Gasteiger partial charge in [0.25, 0.3) is 0 Å². The minimum absolute atomic E-state index is 0.0367. The van der Waals surface area contributed by atoms with E-state index in [0.717, 1.165) is 5.56 Å². The normalized spacial score (nSPS) is 11.1. The largest absolute Gasteiger partial charge is 0.457 e. The number of H-pyrrole nitrogens is 1. The van der Waals surface area contributed by atoms with Gasteiger partial charge in [0, 0.05) is 11.6 Å². The minimum Gasteiger partial charge on any atom is -0.457 e. The minimum atomic E-state index is 0.0367. The van der Waals surface area contributed by atoms with E-state index in [4.69, 9.17) is 38.6 Å². The van der Waals surface area contributed by atoms with Gasteiger partial charge < -0.3 is 10.2 Å². The highest BCUT2D eigenvalue weighted by molar-refractivity contribution is 6.42. The molecule has 0 radical (unpaired) electrons. The highest BCUT2D eigenvalue weighted by atomic mass is 35.5. The number of aromatic nitrogens is 2. The fourth-order valence-electron chi connectivity index (χ4n) is 2.20. The van der Waals surface area contributed by atoms with Crippen molar-refractivity contribution in [3.8, 4) is 23.5 Å². The van der Waals surface area contributed by atoms with Crippen molar-refractivity contribution < 1.29 is 4.42 Å². The van der Waals surface area contributed by atoms with E-state index in [-0.39, 0.29) is 22.6 Å². The highest BCUT2D eigenvalue weighted by Gasteiger charge is 2.15. The Hall–Kier alpha value is -3.19. The van der Waals surface area contributed by atoms with Crippen molar-refractivity contribution in [1.29, 1.82) is 10.5 Å². The summed E-state index contributed by atoms with van der Waals surface area (Å²) < 4.78 is 5.72. The number of hydrogen-bond donors (Lipinski definition) is 2. The number of nitrogens with zero attached hydrogens (tertiary/aromatic N) is 3. The lowest BCUT2D eigenvalue weighted by atomic mass is 10.1. The molecule has 0 saturated heterocycles. The number of halogens is 2. The maximum atomic E-state index is 9.37. The van der Waals surface area contributed by atoms with Gasteiger partial charge >= 0.3 is 0 Å². The second-order valence-electron chi connectivity index (χ2n) is 4.97. The van der Waals surface area contributed by atoms with Crippen molar-refractivity contribution in [3.63, 3.8) is 0 Å². The average Bonchev–Trinajstić information content (AvgIpc) is 3.21. The summed E-state index contributed by atoms with van der Waals surface area (Å²) in [5.74, 6) is 1.02. The van der Waals surface area contributed by atoms with Gasteiger partial charge in [-0.15, -0.1) is 0 Å². The molecule has 0 aliphatic rings. The summed E-state index contributed by atoms with van der Waals surface area (Å²) in [4.78, 5) is 0. The van der Waals surface area contributed by atoms with Gasteiger partial charge in [-0.1, -0.05) is 23.2 Å². The fourth-order valence-corrected chi connectivity index (χ4v) is 2.50. The Morgan fingerprint density at radius 3 is 2.68 bits per heavy atom. The van der Waals surface area contributed by atoms with Gasteiger partial charge in [-0.3, -0.25) is 5.10 Å². The highest BCUT2D eigenvalue weighted by Crippen LogP contribution is 2.30. The van der Waals surface area contributed by atoms with Crippen LogP contribution in [0, 0.1) is 22.7 Å². The first-order valence-electron chi connectivity index (χ1n) is 6.95. The van der Waals surface area contributed by atoms with Crippen molar-refractivity contribution in [2.75, 3.05) is 5.73 Å². The molecule has 3 rings (SSSR count). The van der Waals surface area contributed by atoms with Crippen molar-refractivity contribution in [2.24, 2.45) is 0 Å². The number of hydrogen-bond acceptors (Lipinski definition) is 5. The van der Waals surface area contributed by atoms with E-state index < -0.39 is 0 Å². The second kappa shape index (κ2) is 6.74. The van der Waals surface area contributed by atoms with Crippen LogP contribution in [0.1, 0.15) is 17.0 Å². The lowest BCUT2D eigenvalue weighted by Crippen LogP contribution is -1.89. The molecule has 0 spiro atoms. The predicted molar refractivity (Wildman–Crippen MR) is 95.4 cm³/mol. The first-order valence-corrected chi connectivity index (χ1v) is 7.70. The number of nitriles is 2. The van der Waals surface area contributed by atoms with Crippen LogP contribution in [0.4, 0.5) is 5.82 Å². The summed E-state index contributed by atoms with van der Waals surface area (Å²) in [6, 6.07) is 12.5. The molecular formula is C17H9Cl2N5O. The van der Waals surface area contributed by atoms with Crippen LogP contribution in [0.15, 0.2) is 34.7 Å². The summed E-state index contributed by atoms with van der Waals surface area (Å²) in [7, 11) is 0. The van der Waals surface area contributed by atoms with Crippen molar-refractivity contribution in [3.05, 3.63) is 57.4 Å². The number of furan rings is 1. The lowest BCUT2D eigenvalue weighted by Gasteiger charge is -2.00. The van der Waals surface area contributed by atoms with Crippen LogP contribution < -0.4 is 5.73 Å². The van der Waals surface area contributed by atoms with E-state index in [0.29, 0.717) is 21.6 Å². The van der Waals surface area contributed by atoms with E-state index in [1.807, 2.05) is 12.1 Å². The van der Waals surface area contributed by atoms with Gasteiger partial charge in [-0.2, -0.15) is 15.6 Å². The quantitative estimate of drug-likeness (QED) is 0.659. The Bertz CT molecular complexity index is 1070. The maximum Gasteiger partial charge on any atom is 0.163 e. The van der Waals surface area contributed by atoms with E-state index >= 15 is 0 Å². The molecule has 122 valence electrons. The van der Waals surface area contributed by atoms with Crippen LogP contribution in [0.25, 0.3) is 23.0 Å².